The highest BCUT2D eigenvalue weighted by molar-refractivity contribution is 6.32. The molecule has 0 saturated heterocycles. The lowest BCUT2D eigenvalue weighted by molar-refractivity contribution is 0.0990. The van der Waals surface area contributed by atoms with Crippen LogP contribution in [0.4, 0.5) is 0 Å². The molecule has 0 N–H and O–H groups in total. The molecule has 0 radical (unpaired) electrons. The van der Waals surface area contributed by atoms with E-state index in [4.69, 9.17) is 16.3 Å². The van der Waals surface area contributed by atoms with Crippen molar-refractivity contribution in [1.29, 1.82) is 0 Å². The minimum atomic E-state index is 0.0191. The molecule has 0 unspecified atom stereocenters. The van der Waals surface area contributed by atoms with Crippen molar-refractivity contribution in [3.63, 3.8) is 0 Å². The van der Waals surface area contributed by atoms with Gasteiger partial charge in [0.05, 0.1) is 29.4 Å². The van der Waals surface area contributed by atoms with Crippen molar-refractivity contribution >= 4 is 17.4 Å². The third kappa shape index (κ3) is 3.45. The summed E-state index contributed by atoms with van der Waals surface area (Å²) < 4.78 is 7.06. The molecule has 4 nitrogen and oxygen atoms in total. The number of ether oxygens (including phenoxy) is 1. The molecule has 1 heterocycles. The molecule has 1 aromatic heterocycles. The van der Waals surface area contributed by atoms with Crippen LogP contribution in [0.2, 0.25) is 5.02 Å². The van der Waals surface area contributed by atoms with Gasteiger partial charge in [-0.2, -0.15) is 5.10 Å². The first-order valence-electron chi connectivity index (χ1n) is 7.03. The zero-order chi connectivity index (χ0) is 15.4. The predicted octanol–water partition coefficient (Wildman–Crippen LogP) is 3.46. The smallest absolute Gasteiger partial charge is 0.168 e. The number of nitrogens with zero attached hydrogens (tertiary/aromatic N) is 2. The Labute approximate surface area is 129 Å². The maximum absolute atomic E-state index is 12.3. The number of carbonyl (C=O) groups is 1. The van der Waals surface area contributed by atoms with Gasteiger partial charge in [0.25, 0.3) is 0 Å². The maximum Gasteiger partial charge on any atom is 0.168 e. The Balaban J connectivity index is 2.16. The fourth-order valence-corrected chi connectivity index (χ4v) is 2.53. The van der Waals surface area contributed by atoms with Crippen LogP contribution in [0.1, 0.15) is 35.6 Å². The van der Waals surface area contributed by atoms with Crippen molar-refractivity contribution in [2.45, 2.75) is 26.7 Å². The van der Waals surface area contributed by atoms with Gasteiger partial charge in [-0.05, 0) is 37.6 Å². The van der Waals surface area contributed by atoms with E-state index in [0.717, 1.165) is 23.6 Å². The number of halogens is 1. The second-order valence-corrected chi connectivity index (χ2v) is 5.12. The number of Topliss-reactive ketones (excluding diaryl/α,β-unsaturated/α-hetero) is 1. The normalized spacial score (nSPS) is 10.7. The Morgan fingerprint density at radius 3 is 2.48 bits per heavy atom. The van der Waals surface area contributed by atoms with E-state index in [1.807, 2.05) is 20.9 Å². The summed E-state index contributed by atoms with van der Waals surface area (Å²) in [5.41, 5.74) is 2.23. The number of hydrogen-bond donors (Lipinski definition) is 0. The number of carbonyl (C=O) groups excluding carboxylic acids is 1. The van der Waals surface area contributed by atoms with E-state index in [9.17, 15) is 4.79 Å². The third-order valence-electron chi connectivity index (χ3n) is 3.32. The fourth-order valence-electron chi connectivity index (χ4n) is 2.17. The van der Waals surface area contributed by atoms with E-state index >= 15 is 0 Å². The highest BCUT2D eigenvalue weighted by Crippen LogP contribution is 2.22. The van der Waals surface area contributed by atoms with Crippen molar-refractivity contribution in [3.8, 4) is 5.75 Å². The molecular weight excluding hydrogens is 288 g/mol. The SMILES string of the molecule is CCOc1ccc(C(=O)Cc2c(Cl)c(CC)nn2C)cc1. The van der Waals surface area contributed by atoms with E-state index < -0.39 is 0 Å². The molecule has 0 aliphatic heterocycles. The van der Waals surface area contributed by atoms with Gasteiger partial charge in [0.2, 0.25) is 0 Å². The van der Waals surface area contributed by atoms with Crippen LogP contribution < -0.4 is 4.74 Å². The van der Waals surface area contributed by atoms with E-state index in [1.165, 1.54) is 0 Å². The van der Waals surface area contributed by atoms with E-state index in [-0.39, 0.29) is 12.2 Å². The summed E-state index contributed by atoms with van der Waals surface area (Å²) >= 11 is 6.27. The lowest BCUT2D eigenvalue weighted by Crippen LogP contribution is -2.08. The largest absolute Gasteiger partial charge is 0.494 e. The van der Waals surface area contributed by atoms with Gasteiger partial charge in [-0.15, -0.1) is 0 Å². The molecule has 5 heteroatoms. The molecule has 0 bridgehead atoms. The average molecular weight is 307 g/mol. The van der Waals surface area contributed by atoms with Crippen molar-refractivity contribution in [3.05, 3.63) is 46.2 Å². The van der Waals surface area contributed by atoms with Gasteiger partial charge >= 0.3 is 0 Å². The van der Waals surface area contributed by atoms with E-state index in [1.54, 1.807) is 28.9 Å². The standard InChI is InChI=1S/C16H19ClN2O2/c1-4-13-16(17)14(19(3)18-13)10-15(20)11-6-8-12(9-7-11)21-5-2/h6-9H,4-5,10H2,1-3H3. The van der Waals surface area contributed by atoms with E-state index in [0.29, 0.717) is 17.2 Å². The summed E-state index contributed by atoms with van der Waals surface area (Å²) in [5, 5.41) is 4.92. The summed E-state index contributed by atoms with van der Waals surface area (Å²) in [5.74, 6) is 0.784. The lowest BCUT2D eigenvalue weighted by atomic mass is 10.1. The molecule has 21 heavy (non-hydrogen) atoms. The number of hydrogen-bond acceptors (Lipinski definition) is 3. The van der Waals surface area contributed by atoms with Gasteiger partial charge in [-0.1, -0.05) is 18.5 Å². The average Bonchev–Trinajstić information content (AvgIpc) is 2.75. The first kappa shape index (κ1) is 15.6. The van der Waals surface area contributed by atoms with Crippen LogP contribution in [0.3, 0.4) is 0 Å². The van der Waals surface area contributed by atoms with Gasteiger partial charge in [0.1, 0.15) is 5.75 Å². The molecule has 0 aliphatic rings. The molecule has 0 aliphatic carbocycles. The van der Waals surface area contributed by atoms with Crippen LogP contribution in [-0.4, -0.2) is 22.2 Å². The fraction of sp³-hybridized carbons (Fsp3) is 0.375. The Bertz CT molecular complexity index is 632. The number of aromatic nitrogens is 2. The minimum Gasteiger partial charge on any atom is -0.494 e. The highest BCUT2D eigenvalue weighted by Gasteiger charge is 2.17. The summed E-state index contributed by atoms with van der Waals surface area (Å²) in [6.07, 6.45) is 1.00. The maximum atomic E-state index is 12.3. The highest BCUT2D eigenvalue weighted by atomic mass is 35.5. The van der Waals surface area contributed by atoms with E-state index in [2.05, 4.69) is 5.10 Å². The minimum absolute atomic E-state index is 0.0191. The quantitative estimate of drug-likeness (QED) is 0.768. The van der Waals surface area contributed by atoms with Gasteiger partial charge in [0.15, 0.2) is 5.78 Å². The van der Waals surface area contributed by atoms with Crippen molar-refractivity contribution in [1.82, 2.24) is 9.78 Å². The molecule has 112 valence electrons. The molecule has 2 aromatic rings. The van der Waals surface area contributed by atoms with Gasteiger partial charge in [-0.3, -0.25) is 9.48 Å². The van der Waals surface area contributed by atoms with Crippen molar-refractivity contribution < 1.29 is 9.53 Å². The third-order valence-corrected chi connectivity index (χ3v) is 3.75. The second kappa shape index (κ2) is 6.76. The summed E-state index contributed by atoms with van der Waals surface area (Å²) in [6.45, 7) is 4.53. The lowest BCUT2D eigenvalue weighted by Gasteiger charge is -2.05. The van der Waals surface area contributed by atoms with Crippen LogP contribution in [-0.2, 0) is 19.9 Å². The van der Waals surface area contributed by atoms with Gasteiger partial charge in [-0.25, -0.2) is 0 Å². The Hall–Kier alpha value is -1.81. The number of benzene rings is 1. The zero-order valence-electron chi connectivity index (χ0n) is 12.5. The van der Waals surface area contributed by atoms with Gasteiger partial charge in [0, 0.05) is 12.6 Å². The molecule has 0 fully saturated rings. The van der Waals surface area contributed by atoms with Gasteiger partial charge < -0.3 is 4.74 Å². The second-order valence-electron chi connectivity index (χ2n) is 4.74. The van der Waals surface area contributed by atoms with Crippen LogP contribution >= 0.6 is 11.6 Å². The van der Waals surface area contributed by atoms with Crippen LogP contribution in [0, 0.1) is 0 Å². The molecule has 0 atom stereocenters. The predicted molar refractivity (Wildman–Crippen MR) is 83.2 cm³/mol. The number of aryl methyl sites for hydroxylation is 2. The molecule has 0 spiro atoms. The summed E-state index contributed by atoms with van der Waals surface area (Å²) in [7, 11) is 1.81. The molecule has 1 aromatic carbocycles. The first-order chi connectivity index (χ1) is 10.1. The van der Waals surface area contributed by atoms with Crippen LogP contribution in [0.5, 0.6) is 5.75 Å². The molecular formula is C16H19ClN2O2. The topological polar surface area (TPSA) is 44.1 Å². The van der Waals surface area contributed by atoms with Crippen LogP contribution in [0.15, 0.2) is 24.3 Å². The summed E-state index contributed by atoms with van der Waals surface area (Å²) in [4.78, 5) is 12.3. The van der Waals surface area contributed by atoms with Crippen molar-refractivity contribution in [2.24, 2.45) is 7.05 Å². The number of ketones is 1. The molecule has 0 amide bonds. The first-order valence-corrected chi connectivity index (χ1v) is 7.40. The molecule has 0 saturated carbocycles. The van der Waals surface area contributed by atoms with Crippen molar-refractivity contribution in [2.75, 3.05) is 6.61 Å². The number of rotatable bonds is 6. The summed E-state index contributed by atoms with van der Waals surface area (Å²) in [6, 6.07) is 7.16. The Morgan fingerprint density at radius 1 is 1.29 bits per heavy atom. The zero-order valence-corrected chi connectivity index (χ0v) is 13.3. The molecule has 2 rings (SSSR count). The Kier molecular flexibility index (Phi) is 5.02. The van der Waals surface area contributed by atoms with Crippen LogP contribution in [0.25, 0.3) is 0 Å². The Morgan fingerprint density at radius 2 is 1.95 bits per heavy atom. The monoisotopic (exact) mass is 306 g/mol.